The van der Waals surface area contributed by atoms with Crippen LogP contribution in [0, 0.1) is 5.92 Å². The van der Waals surface area contributed by atoms with Crippen LogP contribution in [0.2, 0.25) is 5.02 Å². The zero-order valence-corrected chi connectivity index (χ0v) is 18.1. The summed E-state index contributed by atoms with van der Waals surface area (Å²) < 4.78 is 11.2. The van der Waals surface area contributed by atoms with Gasteiger partial charge in [-0.2, -0.15) is 0 Å². The van der Waals surface area contributed by atoms with Crippen molar-refractivity contribution in [3.63, 3.8) is 0 Å². The molecule has 7 nitrogen and oxygen atoms in total. The predicted octanol–water partition coefficient (Wildman–Crippen LogP) is 2.57. The normalized spacial score (nSPS) is 27.0. The number of carbonyl (C=O) groups is 1. The molecule has 1 aliphatic rings. The topological polar surface area (TPSA) is 116 Å². The molecular formula is C23H27ClO7. The van der Waals surface area contributed by atoms with E-state index in [2.05, 4.69) is 0 Å². The van der Waals surface area contributed by atoms with Crippen LogP contribution in [0.15, 0.2) is 42.5 Å². The third-order valence-corrected chi connectivity index (χ3v) is 5.93. The van der Waals surface area contributed by atoms with E-state index in [4.69, 9.17) is 21.1 Å². The molecule has 0 amide bonds. The first-order chi connectivity index (χ1) is 14.7. The van der Waals surface area contributed by atoms with Gasteiger partial charge in [-0.1, -0.05) is 35.9 Å². The monoisotopic (exact) mass is 450 g/mol. The zero-order valence-electron chi connectivity index (χ0n) is 17.3. The van der Waals surface area contributed by atoms with Gasteiger partial charge in [0.25, 0.3) is 0 Å². The molecule has 1 fully saturated rings. The minimum atomic E-state index is -1.55. The molecule has 0 bridgehead atoms. The van der Waals surface area contributed by atoms with Crippen molar-refractivity contribution in [1.29, 1.82) is 0 Å². The molecule has 2 aromatic carbocycles. The Morgan fingerprint density at radius 3 is 2.39 bits per heavy atom. The maximum absolute atomic E-state index is 11.4. The molecule has 2 aromatic rings. The van der Waals surface area contributed by atoms with E-state index < -0.39 is 42.4 Å². The van der Waals surface area contributed by atoms with E-state index in [0.717, 1.165) is 16.9 Å². The first-order valence-electron chi connectivity index (χ1n) is 10.2. The summed E-state index contributed by atoms with van der Waals surface area (Å²) in [4.78, 5) is 11.4. The second-order valence-corrected chi connectivity index (χ2v) is 8.13. The number of benzene rings is 2. The van der Waals surface area contributed by atoms with Crippen LogP contribution in [-0.2, 0) is 16.0 Å². The van der Waals surface area contributed by atoms with Gasteiger partial charge in [-0.15, -0.1) is 0 Å². The molecule has 31 heavy (non-hydrogen) atoms. The van der Waals surface area contributed by atoms with Crippen molar-refractivity contribution in [2.75, 3.05) is 6.61 Å². The van der Waals surface area contributed by atoms with E-state index in [1.165, 1.54) is 6.92 Å². The molecule has 1 heterocycles. The molecule has 1 unspecified atom stereocenters. The van der Waals surface area contributed by atoms with Gasteiger partial charge >= 0.3 is 5.97 Å². The summed E-state index contributed by atoms with van der Waals surface area (Å²) in [5.74, 6) is -1.47. The summed E-state index contributed by atoms with van der Waals surface area (Å²) in [6.45, 7) is 3.88. The lowest BCUT2D eigenvalue weighted by Crippen LogP contribution is -2.57. The van der Waals surface area contributed by atoms with Crippen LogP contribution in [0.25, 0.3) is 0 Å². The van der Waals surface area contributed by atoms with E-state index in [0.29, 0.717) is 23.6 Å². The fraction of sp³-hybridized carbons (Fsp3) is 0.435. The molecule has 1 saturated heterocycles. The van der Waals surface area contributed by atoms with Gasteiger partial charge in [0, 0.05) is 5.02 Å². The van der Waals surface area contributed by atoms with Gasteiger partial charge in [-0.05, 0) is 55.2 Å². The quantitative estimate of drug-likeness (QED) is 0.512. The van der Waals surface area contributed by atoms with E-state index in [-0.39, 0.29) is 0 Å². The average Bonchev–Trinajstić information content (AvgIpc) is 2.75. The lowest BCUT2D eigenvalue weighted by molar-refractivity contribution is -0.237. The number of halogens is 1. The van der Waals surface area contributed by atoms with Crippen molar-refractivity contribution in [3.05, 3.63) is 64.2 Å². The number of hydrogen-bond acceptors (Lipinski definition) is 6. The minimum Gasteiger partial charge on any atom is -0.494 e. The van der Waals surface area contributed by atoms with Gasteiger partial charge in [-0.3, -0.25) is 4.79 Å². The Bertz CT molecular complexity index is 901. The largest absolute Gasteiger partial charge is 0.494 e. The molecule has 0 radical (unpaired) electrons. The highest BCUT2D eigenvalue weighted by molar-refractivity contribution is 6.31. The fourth-order valence-electron chi connectivity index (χ4n) is 3.73. The second-order valence-electron chi connectivity index (χ2n) is 7.72. The zero-order chi connectivity index (χ0) is 22.7. The van der Waals surface area contributed by atoms with Crippen LogP contribution < -0.4 is 4.74 Å². The van der Waals surface area contributed by atoms with E-state index in [1.807, 2.05) is 31.2 Å². The number of carboxylic acids is 1. The summed E-state index contributed by atoms with van der Waals surface area (Å²) >= 11 is 6.38. The maximum atomic E-state index is 11.4. The standard InChI is InChI=1S/C23H27ClO7/c1-3-30-16-7-4-13(5-8-16)10-15-11-14(6-9-17(15)24)22-20(27)18(25)19(26)21(31-22)12(2)23(28)29/h4-9,11-12,18-22,25-27H,3,10H2,1-2H3,(H,28,29)/t12?,18-,19+,20-,21-,22+/m1/s1. The van der Waals surface area contributed by atoms with Crippen molar-refractivity contribution in [2.45, 2.75) is 50.8 Å². The molecule has 4 N–H and O–H groups in total. The fourth-order valence-corrected chi connectivity index (χ4v) is 3.92. The third kappa shape index (κ3) is 5.19. The maximum Gasteiger partial charge on any atom is 0.308 e. The Labute approximate surface area is 185 Å². The molecule has 0 aliphatic carbocycles. The molecule has 0 saturated carbocycles. The Kier molecular flexibility index (Phi) is 7.56. The van der Waals surface area contributed by atoms with Gasteiger partial charge in [0.15, 0.2) is 0 Å². The van der Waals surface area contributed by atoms with Crippen LogP contribution in [0.3, 0.4) is 0 Å². The first kappa shape index (κ1) is 23.5. The molecule has 6 atom stereocenters. The highest BCUT2D eigenvalue weighted by Crippen LogP contribution is 2.36. The molecule has 8 heteroatoms. The number of rotatable bonds is 7. The summed E-state index contributed by atoms with van der Waals surface area (Å²) in [6, 6.07) is 12.7. The van der Waals surface area contributed by atoms with Crippen LogP contribution in [0.5, 0.6) is 5.75 Å². The Balaban J connectivity index is 1.85. The number of aliphatic carboxylic acids is 1. The molecule has 168 valence electrons. The smallest absolute Gasteiger partial charge is 0.308 e. The highest BCUT2D eigenvalue weighted by atomic mass is 35.5. The number of hydrogen-bond donors (Lipinski definition) is 4. The van der Waals surface area contributed by atoms with Gasteiger partial charge in [0.2, 0.25) is 0 Å². The Morgan fingerprint density at radius 1 is 1.10 bits per heavy atom. The lowest BCUT2D eigenvalue weighted by Gasteiger charge is -2.42. The van der Waals surface area contributed by atoms with E-state index >= 15 is 0 Å². The molecule has 0 spiro atoms. The highest BCUT2D eigenvalue weighted by Gasteiger charge is 2.47. The van der Waals surface area contributed by atoms with Gasteiger partial charge < -0.3 is 29.9 Å². The van der Waals surface area contributed by atoms with Crippen molar-refractivity contribution in [1.82, 2.24) is 0 Å². The second kappa shape index (κ2) is 9.97. The van der Waals surface area contributed by atoms with Crippen LogP contribution >= 0.6 is 11.6 Å². The third-order valence-electron chi connectivity index (χ3n) is 5.56. The number of aliphatic hydroxyl groups excluding tert-OH is 3. The number of aliphatic hydroxyl groups is 3. The lowest BCUT2D eigenvalue weighted by atomic mass is 9.86. The minimum absolute atomic E-state index is 0.516. The van der Waals surface area contributed by atoms with E-state index in [9.17, 15) is 25.2 Å². The number of carboxylic acid groups (broad SMARTS) is 1. The molecule has 0 aromatic heterocycles. The molecular weight excluding hydrogens is 424 g/mol. The Morgan fingerprint density at radius 2 is 1.77 bits per heavy atom. The summed E-state index contributed by atoms with van der Waals surface area (Å²) in [7, 11) is 0. The first-order valence-corrected chi connectivity index (χ1v) is 10.5. The van der Waals surface area contributed by atoms with Gasteiger partial charge in [-0.25, -0.2) is 0 Å². The van der Waals surface area contributed by atoms with Crippen molar-refractivity contribution < 1.29 is 34.7 Å². The van der Waals surface area contributed by atoms with E-state index in [1.54, 1.807) is 18.2 Å². The summed E-state index contributed by atoms with van der Waals surface area (Å²) in [5.41, 5.74) is 2.31. The van der Waals surface area contributed by atoms with Gasteiger partial charge in [0.05, 0.1) is 18.6 Å². The van der Waals surface area contributed by atoms with Crippen molar-refractivity contribution >= 4 is 17.6 Å². The van der Waals surface area contributed by atoms with Crippen LogP contribution in [0.4, 0.5) is 0 Å². The van der Waals surface area contributed by atoms with Crippen molar-refractivity contribution in [2.24, 2.45) is 5.92 Å². The van der Waals surface area contributed by atoms with Crippen LogP contribution in [-0.4, -0.2) is 57.4 Å². The Hall–Kier alpha value is -2.16. The molecule has 1 aliphatic heterocycles. The summed E-state index contributed by atoms with van der Waals surface area (Å²) in [6.07, 6.45) is -6.16. The predicted molar refractivity (Wildman–Crippen MR) is 114 cm³/mol. The SMILES string of the molecule is CCOc1ccc(Cc2cc([C@@H]3O[C@H](C(C)C(=O)O)[C@@H](O)[C@@H](O)[C@H]3O)ccc2Cl)cc1. The number of ether oxygens (including phenoxy) is 2. The van der Waals surface area contributed by atoms with Crippen LogP contribution in [0.1, 0.15) is 36.6 Å². The average molecular weight is 451 g/mol. The van der Waals surface area contributed by atoms with Gasteiger partial charge in [0.1, 0.15) is 30.2 Å². The van der Waals surface area contributed by atoms with Crippen molar-refractivity contribution in [3.8, 4) is 5.75 Å². The molecule has 3 rings (SSSR count). The summed E-state index contributed by atoms with van der Waals surface area (Å²) in [5, 5.41) is 40.8.